The molecule has 0 aliphatic rings. The van der Waals surface area contributed by atoms with Crippen LogP contribution in [0.15, 0.2) is 78.1 Å². The average Bonchev–Trinajstić information content (AvgIpc) is 3.50. The fraction of sp³-hybridized carbons (Fsp3) is 0.269. The Hall–Kier alpha value is -4.27. The van der Waals surface area contributed by atoms with Crippen LogP contribution in [0.2, 0.25) is 0 Å². The third-order valence-electron chi connectivity index (χ3n) is 5.29. The van der Waals surface area contributed by atoms with Crippen LogP contribution in [0.1, 0.15) is 28.7 Å². The van der Waals surface area contributed by atoms with Crippen molar-refractivity contribution in [3.8, 4) is 0 Å². The van der Waals surface area contributed by atoms with Crippen LogP contribution in [0.3, 0.4) is 0 Å². The monoisotopic (exact) mass is 478 g/mol. The van der Waals surface area contributed by atoms with Gasteiger partial charge in [0, 0.05) is 31.2 Å². The van der Waals surface area contributed by atoms with E-state index in [0.717, 1.165) is 5.69 Å². The number of furan rings is 1. The predicted octanol–water partition coefficient (Wildman–Crippen LogP) is 4.04. The summed E-state index contributed by atoms with van der Waals surface area (Å²) in [5.41, 5.74) is 1.82. The number of carbonyl (C=O) groups excluding carboxylic acids is 3. The molecule has 0 unspecified atom stereocenters. The first-order valence-corrected chi connectivity index (χ1v) is 11.3. The number of hydrogen-bond donors (Lipinski definition) is 1. The number of ether oxygens (including phenoxy) is 1. The van der Waals surface area contributed by atoms with E-state index in [9.17, 15) is 14.4 Å². The Kier molecular flexibility index (Phi) is 8.89. The molecular formula is C26H30N4O5. The molecule has 0 radical (unpaired) electrons. The molecule has 0 spiro atoms. The molecule has 0 aliphatic carbocycles. The lowest BCUT2D eigenvalue weighted by Crippen LogP contribution is -2.44. The Labute approximate surface area is 204 Å². The van der Waals surface area contributed by atoms with Crippen molar-refractivity contribution in [1.29, 1.82) is 0 Å². The van der Waals surface area contributed by atoms with Crippen LogP contribution in [0, 0.1) is 0 Å². The largest absolute Gasteiger partial charge is 0.467 e. The number of anilines is 1. The molecule has 9 heteroatoms. The Bertz CT molecular complexity index is 1130. The molecule has 3 aromatic rings. The lowest BCUT2D eigenvalue weighted by atomic mass is 10.2. The number of aryl methyl sites for hydroxylation is 1. The molecule has 3 amide bonds. The highest BCUT2D eigenvalue weighted by atomic mass is 16.5. The van der Waals surface area contributed by atoms with E-state index in [0.29, 0.717) is 23.6 Å². The summed E-state index contributed by atoms with van der Waals surface area (Å²) in [6.45, 7) is 6.39. The first kappa shape index (κ1) is 25.4. The zero-order chi connectivity index (χ0) is 25.2. The SMILES string of the molecule is C=CCN(CC(=O)N(Cc1ccco1)Cc1cccn1C)C(=O)Nc1ccc(C(=O)OCC)cc1. The first-order chi connectivity index (χ1) is 16.9. The zero-order valence-corrected chi connectivity index (χ0v) is 20.0. The number of hydrogen-bond acceptors (Lipinski definition) is 5. The van der Waals surface area contributed by atoms with E-state index in [1.165, 1.54) is 4.90 Å². The van der Waals surface area contributed by atoms with Crippen molar-refractivity contribution in [3.05, 3.63) is 90.7 Å². The average molecular weight is 479 g/mol. The van der Waals surface area contributed by atoms with Gasteiger partial charge in [-0.25, -0.2) is 9.59 Å². The van der Waals surface area contributed by atoms with Crippen LogP contribution in [0.4, 0.5) is 10.5 Å². The molecule has 0 saturated heterocycles. The van der Waals surface area contributed by atoms with Crippen LogP contribution in [-0.4, -0.2) is 52.0 Å². The fourth-order valence-corrected chi connectivity index (χ4v) is 3.42. The van der Waals surface area contributed by atoms with Crippen LogP contribution < -0.4 is 5.32 Å². The number of nitrogens with zero attached hydrogens (tertiary/aromatic N) is 3. The second-order valence-electron chi connectivity index (χ2n) is 7.84. The van der Waals surface area contributed by atoms with E-state index < -0.39 is 12.0 Å². The van der Waals surface area contributed by atoms with Gasteiger partial charge in [-0.3, -0.25) is 4.79 Å². The maximum atomic E-state index is 13.3. The first-order valence-electron chi connectivity index (χ1n) is 11.3. The van der Waals surface area contributed by atoms with Gasteiger partial charge < -0.3 is 28.8 Å². The lowest BCUT2D eigenvalue weighted by molar-refractivity contribution is -0.133. The van der Waals surface area contributed by atoms with Gasteiger partial charge in [0.2, 0.25) is 5.91 Å². The van der Waals surface area contributed by atoms with Gasteiger partial charge in [-0.15, -0.1) is 6.58 Å². The summed E-state index contributed by atoms with van der Waals surface area (Å²) in [5, 5.41) is 2.76. The van der Waals surface area contributed by atoms with Crippen molar-refractivity contribution in [2.75, 3.05) is 25.0 Å². The molecular weight excluding hydrogens is 448 g/mol. The Morgan fingerprint density at radius 1 is 1.09 bits per heavy atom. The number of nitrogens with one attached hydrogen (secondary N) is 1. The maximum Gasteiger partial charge on any atom is 0.338 e. The van der Waals surface area contributed by atoms with E-state index in [4.69, 9.17) is 9.15 Å². The molecule has 1 aromatic carbocycles. The van der Waals surface area contributed by atoms with Gasteiger partial charge in [-0.1, -0.05) is 6.08 Å². The van der Waals surface area contributed by atoms with Crippen molar-refractivity contribution < 1.29 is 23.5 Å². The van der Waals surface area contributed by atoms with Crippen molar-refractivity contribution in [2.45, 2.75) is 20.0 Å². The summed E-state index contributed by atoms with van der Waals surface area (Å²) in [4.78, 5) is 41.1. The molecule has 35 heavy (non-hydrogen) atoms. The minimum atomic E-state index is -0.459. The molecule has 0 aliphatic heterocycles. The fourth-order valence-electron chi connectivity index (χ4n) is 3.42. The van der Waals surface area contributed by atoms with Crippen molar-refractivity contribution in [2.24, 2.45) is 7.05 Å². The van der Waals surface area contributed by atoms with Gasteiger partial charge >= 0.3 is 12.0 Å². The highest BCUT2D eigenvalue weighted by Gasteiger charge is 2.22. The number of aromatic nitrogens is 1. The van der Waals surface area contributed by atoms with Crippen LogP contribution >= 0.6 is 0 Å². The van der Waals surface area contributed by atoms with Crippen LogP contribution in [0.5, 0.6) is 0 Å². The lowest BCUT2D eigenvalue weighted by Gasteiger charge is -2.27. The van der Waals surface area contributed by atoms with Crippen molar-refractivity contribution in [1.82, 2.24) is 14.4 Å². The third kappa shape index (κ3) is 7.10. The van der Waals surface area contributed by atoms with E-state index >= 15 is 0 Å². The topological polar surface area (TPSA) is 97.0 Å². The number of esters is 1. The number of carbonyl (C=O) groups is 3. The summed E-state index contributed by atoms with van der Waals surface area (Å²) < 4.78 is 12.4. The summed E-state index contributed by atoms with van der Waals surface area (Å²) in [6, 6.07) is 13.3. The minimum Gasteiger partial charge on any atom is -0.467 e. The van der Waals surface area contributed by atoms with Gasteiger partial charge in [0.15, 0.2) is 0 Å². The molecule has 184 valence electrons. The second kappa shape index (κ2) is 12.3. The molecule has 1 N–H and O–H groups in total. The standard InChI is InChI=1S/C26H30N4O5/c1-4-14-29(26(33)27-21-12-10-20(11-13-21)25(32)34-5-2)19-24(31)30(18-23-9-7-16-35-23)17-22-8-6-15-28(22)3/h4,6-13,15-16H,1,5,14,17-19H2,2-3H3,(H,27,33). The number of benzene rings is 1. The Morgan fingerprint density at radius 2 is 1.86 bits per heavy atom. The maximum absolute atomic E-state index is 13.3. The Balaban J connectivity index is 1.69. The molecule has 0 atom stereocenters. The van der Waals surface area contributed by atoms with Gasteiger partial charge in [-0.2, -0.15) is 0 Å². The molecule has 0 saturated carbocycles. The van der Waals surface area contributed by atoms with Gasteiger partial charge in [0.05, 0.1) is 31.5 Å². The highest BCUT2D eigenvalue weighted by molar-refractivity contribution is 5.94. The summed E-state index contributed by atoms with van der Waals surface area (Å²) >= 11 is 0. The molecule has 3 rings (SSSR count). The number of rotatable bonds is 11. The normalized spacial score (nSPS) is 10.5. The second-order valence-corrected chi connectivity index (χ2v) is 7.84. The smallest absolute Gasteiger partial charge is 0.338 e. The summed E-state index contributed by atoms with van der Waals surface area (Å²) in [7, 11) is 1.91. The quantitative estimate of drug-likeness (QED) is 0.331. The molecule has 9 nitrogen and oxygen atoms in total. The van der Waals surface area contributed by atoms with Crippen LogP contribution in [0.25, 0.3) is 0 Å². The minimum absolute atomic E-state index is 0.149. The van der Waals surface area contributed by atoms with E-state index in [1.807, 2.05) is 29.9 Å². The van der Waals surface area contributed by atoms with Gasteiger partial charge in [0.25, 0.3) is 0 Å². The van der Waals surface area contributed by atoms with Gasteiger partial charge in [0.1, 0.15) is 12.3 Å². The summed E-state index contributed by atoms with van der Waals surface area (Å²) in [6.07, 6.45) is 5.03. The van der Waals surface area contributed by atoms with E-state index in [2.05, 4.69) is 11.9 Å². The van der Waals surface area contributed by atoms with Gasteiger partial charge in [-0.05, 0) is 55.5 Å². The number of amides is 3. The predicted molar refractivity (Wildman–Crippen MR) is 132 cm³/mol. The summed E-state index contributed by atoms with van der Waals surface area (Å²) in [5.74, 6) is -0.0228. The molecule has 2 heterocycles. The zero-order valence-electron chi connectivity index (χ0n) is 20.0. The number of urea groups is 1. The molecule has 0 fully saturated rings. The molecule has 2 aromatic heterocycles. The highest BCUT2D eigenvalue weighted by Crippen LogP contribution is 2.14. The van der Waals surface area contributed by atoms with Crippen molar-refractivity contribution in [3.63, 3.8) is 0 Å². The Morgan fingerprint density at radius 3 is 2.46 bits per heavy atom. The van der Waals surface area contributed by atoms with E-state index in [1.54, 1.807) is 60.6 Å². The molecule has 0 bridgehead atoms. The van der Waals surface area contributed by atoms with Crippen molar-refractivity contribution >= 4 is 23.6 Å². The van der Waals surface area contributed by atoms with E-state index in [-0.39, 0.29) is 32.1 Å². The third-order valence-corrected chi connectivity index (χ3v) is 5.29. The van der Waals surface area contributed by atoms with Crippen LogP contribution in [-0.2, 0) is 29.7 Å².